The van der Waals surface area contributed by atoms with Crippen LogP contribution in [-0.2, 0) is 41.4 Å². The summed E-state index contributed by atoms with van der Waals surface area (Å²) in [6, 6.07) is 3.12. The highest BCUT2D eigenvalue weighted by atomic mass is 35.5. The number of hydrogen-bond acceptors (Lipinski definition) is 5. The molecule has 0 bridgehead atoms. The largest absolute Gasteiger partial charge is 0.349 e. The van der Waals surface area contributed by atoms with Gasteiger partial charge in [-0.2, -0.15) is 4.31 Å². The van der Waals surface area contributed by atoms with Crippen LogP contribution in [0.2, 0.25) is 4.34 Å². The van der Waals surface area contributed by atoms with E-state index in [1.807, 2.05) is 11.6 Å². The number of sulfonamides is 1. The topological polar surface area (TPSA) is 84.3 Å². The summed E-state index contributed by atoms with van der Waals surface area (Å²) in [4.78, 5) is 16.0. The van der Waals surface area contributed by atoms with Crippen molar-refractivity contribution in [2.75, 3.05) is 6.54 Å². The van der Waals surface area contributed by atoms with Crippen molar-refractivity contribution in [3.63, 3.8) is 0 Å². The van der Waals surface area contributed by atoms with Crippen LogP contribution in [0.4, 0.5) is 0 Å². The molecule has 7 nitrogen and oxygen atoms in total. The molecule has 136 valence electrons. The number of thiophene rings is 1. The van der Waals surface area contributed by atoms with E-state index in [4.69, 9.17) is 11.6 Å². The van der Waals surface area contributed by atoms with Crippen molar-refractivity contribution in [1.29, 1.82) is 0 Å². The first-order chi connectivity index (χ1) is 11.8. The molecule has 0 radical (unpaired) electrons. The summed E-state index contributed by atoms with van der Waals surface area (Å²) in [5.74, 6) is 0.685. The smallest absolute Gasteiger partial charge is 0.252 e. The van der Waals surface area contributed by atoms with E-state index in [0.717, 1.165) is 28.5 Å². The summed E-state index contributed by atoms with van der Waals surface area (Å²) in [7, 11) is -1.72. The molecule has 0 aliphatic carbocycles. The molecule has 0 unspecified atom stereocenters. The Morgan fingerprint density at radius 2 is 2.20 bits per heavy atom. The SMILES string of the molecule is CCC(=O)NCc1nc2c(n1C)CN(S(=O)(=O)c1ccc(Cl)s1)CC2. The van der Waals surface area contributed by atoms with Gasteiger partial charge < -0.3 is 9.88 Å². The van der Waals surface area contributed by atoms with Gasteiger partial charge in [0.1, 0.15) is 10.0 Å². The van der Waals surface area contributed by atoms with Crippen molar-refractivity contribution >= 4 is 38.9 Å². The molecule has 2 aromatic rings. The second kappa shape index (κ2) is 7.06. The number of hydrogen-bond donors (Lipinski definition) is 1. The summed E-state index contributed by atoms with van der Waals surface area (Å²) in [5.41, 5.74) is 1.75. The maximum atomic E-state index is 12.8. The Morgan fingerprint density at radius 1 is 1.44 bits per heavy atom. The minimum absolute atomic E-state index is 0.0419. The molecule has 3 heterocycles. The van der Waals surface area contributed by atoms with Gasteiger partial charge in [0.15, 0.2) is 0 Å². The fourth-order valence-corrected chi connectivity index (χ4v) is 5.79. The molecule has 0 saturated carbocycles. The van der Waals surface area contributed by atoms with Gasteiger partial charge in [0.05, 0.1) is 28.8 Å². The van der Waals surface area contributed by atoms with Crippen LogP contribution in [0.5, 0.6) is 0 Å². The van der Waals surface area contributed by atoms with Gasteiger partial charge in [-0.3, -0.25) is 4.79 Å². The highest BCUT2D eigenvalue weighted by Gasteiger charge is 2.32. The van der Waals surface area contributed by atoms with Crippen LogP contribution in [0.25, 0.3) is 0 Å². The quantitative estimate of drug-likeness (QED) is 0.827. The van der Waals surface area contributed by atoms with Crippen LogP contribution < -0.4 is 5.32 Å². The third-order valence-corrected chi connectivity index (χ3v) is 7.76. The van der Waals surface area contributed by atoms with Gasteiger partial charge in [0, 0.05) is 26.4 Å². The molecule has 0 fully saturated rings. The zero-order valence-corrected chi connectivity index (χ0v) is 16.3. The molecule has 1 amide bonds. The van der Waals surface area contributed by atoms with E-state index < -0.39 is 10.0 Å². The number of imidazole rings is 1. The third-order valence-electron chi connectivity index (χ3n) is 4.22. The average Bonchev–Trinajstić information content (AvgIpc) is 3.17. The Hall–Kier alpha value is -1.42. The van der Waals surface area contributed by atoms with Crippen molar-refractivity contribution in [1.82, 2.24) is 19.2 Å². The molecule has 0 spiro atoms. The minimum Gasteiger partial charge on any atom is -0.349 e. The zero-order chi connectivity index (χ0) is 18.2. The summed E-state index contributed by atoms with van der Waals surface area (Å²) >= 11 is 6.93. The maximum Gasteiger partial charge on any atom is 0.252 e. The van der Waals surface area contributed by atoms with Gasteiger partial charge in [0.2, 0.25) is 5.91 Å². The fraction of sp³-hybridized carbons (Fsp3) is 0.467. The van der Waals surface area contributed by atoms with Gasteiger partial charge >= 0.3 is 0 Å². The summed E-state index contributed by atoms with van der Waals surface area (Å²) in [6.07, 6.45) is 0.961. The third kappa shape index (κ3) is 3.59. The van der Waals surface area contributed by atoms with Crippen LogP contribution in [-0.4, -0.2) is 34.7 Å². The van der Waals surface area contributed by atoms with E-state index in [-0.39, 0.29) is 16.7 Å². The Kier molecular flexibility index (Phi) is 5.19. The van der Waals surface area contributed by atoms with Gasteiger partial charge in [0.25, 0.3) is 10.0 Å². The van der Waals surface area contributed by atoms with Crippen LogP contribution in [0.15, 0.2) is 16.3 Å². The Morgan fingerprint density at radius 3 is 2.84 bits per heavy atom. The van der Waals surface area contributed by atoms with Gasteiger partial charge in [-0.05, 0) is 12.1 Å². The van der Waals surface area contributed by atoms with Crippen molar-refractivity contribution in [2.24, 2.45) is 7.05 Å². The van der Waals surface area contributed by atoms with Crippen molar-refractivity contribution < 1.29 is 13.2 Å². The zero-order valence-electron chi connectivity index (χ0n) is 14.0. The van der Waals surface area contributed by atoms with Crippen molar-refractivity contribution in [3.05, 3.63) is 33.7 Å². The van der Waals surface area contributed by atoms with E-state index >= 15 is 0 Å². The van der Waals surface area contributed by atoms with Gasteiger partial charge in [-0.25, -0.2) is 13.4 Å². The molecular formula is C15H19ClN4O3S2. The number of carbonyl (C=O) groups is 1. The molecule has 10 heteroatoms. The lowest BCUT2D eigenvalue weighted by molar-refractivity contribution is -0.120. The number of halogens is 1. The molecular weight excluding hydrogens is 384 g/mol. The molecule has 25 heavy (non-hydrogen) atoms. The second-order valence-corrected chi connectivity index (χ2v) is 9.64. The number of nitrogens with zero attached hydrogens (tertiary/aromatic N) is 3. The molecule has 0 aromatic carbocycles. The van der Waals surface area contributed by atoms with Crippen LogP contribution in [0.3, 0.4) is 0 Å². The molecule has 1 N–H and O–H groups in total. The standard InChI is InChI=1S/C15H19ClN4O3S2/c1-3-14(21)17-8-13-18-10-6-7-20(9-11(10)19(13)2)25(22,23)15-5-4-12(16)24-15/h4-5H,3,6-9H2,1-2H3,(H,17,21). The number of fused-ring (bicyclic) bond motifs is 1. The highest BCUT2D eigenvalue weighted by Crippen LogP contribution is 2.31. The lowest BCUT2D eigenvalue weighted by Crippen LogP contribution is -2.36. The first-order valence-electron chi connectivity index (χ1n) is 7.88. The molecule has 1 aliphatic rings. The number of amides is 1. The first kappa shape index (κ1) is 18.4. The number of rotatable bonds is 5. The molecule has 0 saturated heterocycles. The molecule has 3 rings (SSSR count). The van der Waals surface area contributed by atoms with Crippen LogP contribution >= 0.6 is 22.9 Å². The van der Waals surface area contributed by atoms with Gasteiger partial charge in [-0.15, -0.1) is 11.3 Å². The van der Waals surface area contributed by atoms with E-state index in [1.165, 1.54) is 10.4 Å². The maximum absolute atomic E-state index is 12.8. The highest BCUT2D eigenvalue weighted by molar-refractivity contribution is 7.91. The summed E-state index contributed by atoms with van der Waals surface area (Å²) in [6.45, 7) is 2.77. The molecule has 2 aromatic heterocycles. The second-order valence-electron chi connectivity index (χ2n) is 5.76. The van der Waals surface area contributed by atoms with Gasteiger partial charge in [-0.1, -0.05) is 18.5 Å². The van der Waals surface area contributed by atoms with Crippen molar-refractivity contribution in [2.45, 2.75) is 37.1 Å². The predicted molar refractivity (Wildman–Crippen MR) is 96.0 cm³/mol. The molecule has 1 aliphatic heterocycles. The summed E-state index contributed by atoms with van der Waals surface area (Å²) < 4.78 is 29.6. The van der Waals surface area contributed by atoms with Crippen LogP contribution in [0.1, 0.15) is 30.6 Å². The molecule has 0 atom stereocenters. The number of nitrogens with one attached hydrogen (secondary N) is 1. The first-order valence-corrected chi connectivity index (χ1v) is 10.5. The fourth-order valence-electron chi connectivity index (χ4n) is 2.75. The minimum atomic E-state index is -3.56. The Bertz CT molecular complexity index is 904. The number of aromatic nitrogens is 2. The Balaban J connectivity index is 1.81. The van der Waals surface area contributed by atoms with Crippen molar-refractivity contribution in [3.8, 4) is 0 Å². The lowest BCUT2D eigenvalue weighted by Gasteiger charge is -2.25. The summed E-state index contributed by atoms with van der Waals surface area (Å²) in [5, 5.41) is 2.80. The predicted octanol–water partition coefficient (Wildman–Crippen LogP) is 1.91. The lowest BCUT2D eigenvalue weighted by atomic mass is 10.2. The Labute approximate surface area is 155 Å². The van der Waals surface area contributed by atoms with E-state index in [1.54, 1.807) is 13.0 Å². The monoisotopic (exact) mass is 402 g/mol. The van der Waals surface area contributed by atoms with Crippen LogP contribution in [0, 0.1) is 0 Å². The average molecular weight is 403 g/mol. The van der Waals surface area contributed by atoms with E-state index in [9.17, 15) is 13.2 Å². The number of carbonyl (C=O) groups excluding carboxylic acids is 1. The van der Waals surface area contributed by atoms with E-state index in [0.29, 0.717) is 30.3 Å². The normalized spacial score (nSPS) is 15.2. The van der Waals surface area contributed by atoms with E-state index in [2.05, 4.69) is 10.3 Å².